The van der Waals surface area contributed by atoms with Crippen molar-refractivity contribution in [1.82, 2.24) is 5.43 Å². The van der Waals surface area contributed by atoms with Crippen LogP contribution in [0.1, 0.15) is 21.5 Å². The van der Waals surface area contributed by atoms with E-state index in [0.717, 1.165) is 6.07 Å². The minimum absolute atomic E-state index is 0.0953. The predicted molar refractivity (Wildman–Crippen MR) is 82.0 cm³/mol. The summed E-state index contributed by atoms with van der Waals surface area (Å²) in [7, 11) is 0. The number of hydrogen-bond donors (Lipinski definition) is 3. The van der Waals surface area contributed by atoms with Gasteiger partial charge in [-0.3, -0.25) is 25.8 Å². The van der Waals surface area contributed by atoms with Crippen molar-refractivity contribution in [3.8, 4) is 5.75 Å². The summed E-state index contributed by atoms with van der Waals surface area (Å²) in [6.07, 6.45) is -4.74. The Balaban J connectivity index is 2.24. The summed E-state index contributed by atoms with van der Waals surface area (Å²) in [5.74, 6) is -1.12. The van der Waals surface area contributed by atoms with Gasteiger partial charge in [0.1, 0.15) is 11.4 Å². The molecule has 0 heterocycles. The molecule has 2 aromatic rings. The Morgan fingerprint density at radius 1 is 1.20 bits per heavy atom. The first-order valence-corrected chi connectivity index (χ1v) is 6.81. The number of nitrogens with one attached hydrogen (secondary N) is 2. The van der Waals surface area contributed by atoms with Crippen LogP contribution < -0.4 is 10.9 Å². The SMILES string of the molecule is Cc1ccc(O)c(C(=O)NNc2ccc(C(F)(F)F)cc2[N+](=O)[O-])c1. The lowest BCUT2D eigenvalue weighted by Gasteiger charge is -2.12. The number of rotatable bonds is 4. The van der Waals surface area contributed by atoms with Crippen LogP contribution in [0.15, 0.2) is 36.4 Å². The van der Waals surface area contributed by atoms with Crippen molar-refractivity contribution < 1.29 is 28.0 Å². The monoisotopic (exact) mass is 355 g/mol. The van der Waals surface area contributed by atoms with Gasteiger partial charge in [-0.05, 0) is 31.2 Å². The van der Waals surface area contributed by atoms with Gasteiger partial charge in [-0.15, -0.1) is 0 Å². The number of halogens is 3. The van der Waals surface area contributed by atoms with Crippen molar-refractivity contribution in [1.29, 1.82) is 0 Å². The number of aryl methyl sites for hydroxylation is 1. The molecule has 0 aromatic heterocycles. The number of hydrazine groups is 1. The van der Waals surface area contributed by atoms with Gasteiger partial charge < -0.3 is 5.11 Å². The molecule has 3 N–H and O–H groups in total. The number of alkyl halides is 3. The maximum absolute atomic E-state index is 12.6. The van der Waals surface area contributed by atoms with Crippen molar-refractivity contribution in [2.24, 2.45) is 0 Å². The zero-order chi connectivity index (χ0) is 18.8. The van der Waals surface area contributed by atoms with Gasteiger partial charge in [-0.1, -0.05) is 11.6 Å². The number of phenolic OH excluding ortho intramolecular Hbond substituents is 1. The molecule has 1 amide bonds. The van der Waals surface area contributed by atoms with E-state index >= 15 is 0 Å². The molecule has 132 valence electrons. The molecule has 7 nitrogen and oxygen atoms in total. The normalized spacial score (nSPS) is 11.0. The summed E-state index contributed by atoms with van der Waals surface area (Å²) in [4.78, 5) is 22.0. The van der Waals surface area contributed by atoms with Crippen LogP contribution in [0.3, 0.4) is 0 Å². The molecule has 0 aliphatic heterocycles. The Hall–Kier alpha value is -3.30. The fourth-order valence-electron chi connectivity index (χ4n) is 1.99. The number of nitrogens with zero attached hydrogens (tertiary/aromatic N) is 1. The number of phenols is 1. The van der Waals surface area contributed by atoms with Crippen LogP contribution in [-0.2, 0) is 6.18 Å². The van der Waals surface area contributed by atoms with Gasteiger partial charge in [0.25, 0.3) is 11.6 Å². The summed E-state index contributed by atoms with van der Waals surface area (Å²) < 4.78 is 37.9. The van der Waals surface area contributed by atoms with E-state index in [-0.39, 0.29) is 17.0 Å². The second-order valence-electron chi connectivity index (χ2n) is 5.09. The van der Waals surface area contributed by atoms with Gasteiger partial charge in [0, 0.05) is 6.07 Å². The molecule has 0 unspecified atom stereocenters. The molecule has 0 spiro atoms. The summed E-state index contributed by atoms with van der Waals surface area (Å²) in [5, 5.41) is 20.6. The zero-order valence-corrected chi connectivity index (χ0v) is 12.7. The van der Waals surface area contributed by atoms with Crippen LogP contribution in [0.25, 0.3) is 0 Å². The molecule has 0 aliphatic carbocycles. The van der Waals surface area contributed by atoms with Gasteiger partial charge >= 0.3 is 6.18 Å². The van der Waals surface area contributed by atoms with E-state index in [0.29, 0.717) is 17.7 Å². The Morgan fingerprint density at radius 3 is 2.48 bits per heavy atom. The molecule has 2 aromatic carbocycles. The largest absolute Gasteiger partial charge is 0.507 e. The summed E-state index contributed by atoms with van der Waals surface area (Å²) in [6, 6.07) is 6.08. The minimum Gasteiger partial charge on any atom is -0.507 e. The molecular formula is C15H12F3N3O4. The van der Waals surface area contributed by atoms with Gasteiger partial charge in [0.05, 0.1) is 16.1 Å². The molecule has 0 atom stereocenters. The molecule has 2 rings (SSSR count). The number of benzene rings is 2. The number of nitro groups is 1. The fraction of sp³-hybridized carbons (Fsp3) is 0.133. The number of carbonyl (C=O) groups is 1. The van der Waals surface area contributed by atoms with Crippen molar-refractivity contribution in [3.05, 3.63) is 63.2 Å². The van der Waals surface area contributed by atoms with E-state index in [1.165, 1.54) is 12.1 Å². The first-order valence-electron chi connectivity index (χ1n) is 6.81. The Bertz CT molecular complexity index is 837. The highest BCUT2D eigenvalue weighted by Gasteiger charge is 2.33. The van der Waals surface area contributed by atoms with Crippen LogP contribution >= 0.6 is 0 Å². The Morgan fingerprint density at radius 2 is 1.88 bits per heavy atom. The lowest BCUT2D eigenvalue weighted by molar-refractivity contribution is -0.384. The predicted octanol–water partition coefficient (Wildman–Crippen LogP) is 3.38. The molecule has 0 saturated heterocycles. The van der Waals surface area contributed by atoms with Crippen LogP contribution in [0.5, 0.6) is 5.75 Å². The maximum Gasteiger partial charge on any atom is 0.416 e. The second kappa shape index (κ2) is 6.67. The molecule has 0 aliphatic rings. The van der Waals surface area contributed by atoms with Gasteiger partial charge in [0.2, 0.25) is 0 Å². The fourth-order valence-corrected chi connectivity index (χ4v) is 1.99. The zero-order valence-electron chi connectivity index (χ0n) is 12.7. The van der Waals surface area contributed by atoms with Crippen LogP contribution in [0, 0.1) is 17.0 Å². The van der Waals surface area contributed by atoms with Crippen molar-refractivity contribution >= 4 is 17.3 Å². The lowest BCUT2D eigenvalue weighted by Crippen LogP contribution is -2.29. The van der Waals surface area contributed by atoms with E-state index in [2.05, 4.69) is 10.9 Å². The van der Waals surface area contributed by atoms with Crippen LogP contribution in [0.2, 0.25) is 0 Å². The maximum atomic E-state index is 12.6. The van der Waals surface area contributed by atoms with Crippen molar-refractivity contribution in [3.63, 3.8) is 0 Å². The lowest BCUT2D eigenvalue weighted by atomic mass is 10.1. The van der Waals surface area contributed by atoms with Crippen molar-refractivity contribution in [2.45, 2.75) is 13.1 Å². The molecular weight excluding hydrogens is 343 g/mol. The quantitative estimate of drug-likeness (QED) is 0.576. The van der Waals surface area contributed by atoms with Crippen LogP contribution in [-0.4, -0.2) is 15.9 Å². The number of hydrogen-bond acceptors (Lipinski definition) is 5. The highest BCUT2D eigenvalue weighted by atomic mass is 19.4. The second-order valence-corrected chi connectivity index (χ2v) is 5.09. The van der Waals surface area contributed by atoms with Gasteiger partial charge in [-0.25, -0.2) is 0 Å². The highest BCUT2D eigenvalue weighted by Crippen LogP contribution is 2.34. The third-order valence-electron chi connectivity index (χ3n) is 3.23. The van der Waals surface area contributed by atoms with E-state index in [4.69, 9.17) is 0 Å². The highest BCUT2D eigenvalue weighted by molar-refractivity contribution is 5.97. The average Bonchev–Trinajstić information content (AvgIpc) is 2.53. The minimum atomic E-state index is -4.74. The Kier molecular flexibility index (Phi) is 4.82. The van der Waals surface area contributed by atoms with E-state index in [1.807, 2.05) is 0 Å². The molecule has 0 saturated carbocycles. The third-order valence-corrected chi connectivity index (χ3v) is 3.23. The third kappa shape index (κ3) is 4.16. The summed E-state index contributed by atoms with van der Waals surface area (Å²) >= 11 is 0. The number of nitro benzene ring substituents is 1. The molecule has 0 radical (unpaired) electrons. The smallest absolute Gasteiger partial charge is 0.416 e. The van der Waals surface area contributed by atoms with Gasteiger partial charge in [0.15, 0.2) is 0 Å². The number of anilines is 1. The molecule has 10 heteroatoms. The van der Waals surface area contributed by atoms with E-state index in [1.54, 1.807) is 13.0 Å². The topological polar surface area (TPSA) is 104 Å². The average molecular weight is 355 g/mol. The number of aromatic hydroxyl groups is 1. The summed E-state index contributed by atoms with van der Waals surface area (Å²) in [5.41, 5.74) is 2.51. The number of carbonyl (C=O) groups excluding carboxylic acids is 1. The van der Waals surface area contributed by atoms with Crippen LogP contribution in [0.4, 0.5) is 24.5 Å². The molecule has 0 bridgehead atoms. The first kappa shape index (κ1) is 18.0. The molecule has 25 heavy (non-hydrogen) atoms. The standard InChI is InChI=1S/C15H12F3N3O4/c1-8-2-5-13(22)10(6-8)14(23)20-19-11-4-3-9(15(16,17)18)7-12(11)21(24)25/h2-7,19,22H,1H3,(H,20,23). The molecule has 0 fully saturated rings. The summed E-state index contributed by atoms with van der Waals surface area (Å²) in [6.45, 7) is 1.68. The Labute approximate surface area is 139 Å². The van der Waals surface area contributed by atoms with E-state index < -0.39 is 28.3 Å². The number of amides is 1. The van der Waals surface area contributed by atoms with Gasteiger partial charge in [-0.2, -0.15) is 13.2 Å². The van der Waals surface area contributed by atoms with E-state index in [9.17, 15) is 33.2 Å². The first-order chi connectivity index (χ1) is 11.6. The van der Waals surface area contributed by atoms with Crippen molar-refractivity contribution in [2.75, 3.05) is 5.43 Å².